The molecule has 0 aromatic heterocycles. The molecule has 1 rings (SSSR count). The molecule has 16 heavy (non-hydrogen) atoms. The van der Waals surface area contributed by atoms with E-state index in [0.29, 0.717) is 0 Å². The number of rotatable bonds is 4. The molecule has 0 radical (unpaired) electrons. The Kier molecular flexibility index (Phi) is 3.58. The summed E-state index contributed by atoms with van der Waals surface area (Å²) in [6, 6.07) is 6.00. The summed E-state index contributed by atoms with van der Waals surface area (Å²) in [4.78, 5) is 11.1. The minimum atomic E-state index is -0.948. The lowest BCUT2D eigenvalue weighted by atomic mass is 10.0. The number of aliphatic carboxylic acids is 1. The van der Waals surface area contributed by atoms with Gasteiger partial charge in [-0.1, -0.05) is 25.1 Å². The van der Waals surface area contributed by atoms with Crippen molar-refractivity contribution in [3.63, 3.8) is 0 Å². The Hall–Kier alpha value is -1.51. The van der Waals surface area contributed by atoms with E-state index >= 15 is 0 Å². The lowest BCUT2D eigenvalue weighted by Gasteiger charge is -2.25. The SMILES string of the molecule is CCc1cccc(C)c1NC(C)(C)C(=O)O. The number of hydrogen-bond acceptors (Lipinski definition) is 2. The lowest BCUT2D eigenvalue weighted by molar-refractivity contribution is -0.141. The van der Waals surface area contributed by atoms with Crippen LogP contribution in [0.2, 0.25) is 0 Å². The maximum Gasteiger partial charge on any atom is 0.328 e. The summed E-state index contributed by atoms with van der Waals surface area (Å²) >= 11 is 0. The quantitative estimate of drug-likeness (QED) is 0.822. The van der Waals surface area contributed by atoms with Crippen LogP contribution in [-0.2, 0) is 11.2 Å². The zero-order valence-electron chi connectivity index (χ0n) is 10.3. The van der Waals surface area contributed by atoms with Gasteiger partial charge in [0.2, 0.25) is 0 Å². The van der Waals surface area contributed by atoms with E-state index in [1.54, 1.807) is 13.8 Å². The molecule has 1 aromatic rings. The Bertz CT molecular complexity index is 397. The van der Waals surface area contributed by atoms with Crippen LogP contribution >= 0.6 is 0 Å². The van der Waals surface area contributed by atoms with Gasteiger partial charge in [-0.15, -0.1) is 0 Å². The van der Waals surface area contributed by atoms with E-state index in [1.165, 1.54) is 0 Å². The number of carbonyl (C=O) groups is 1. The highest BCUT2D eigenvalue weighted by molar-refractivity contribution is 5.82. The average Bonchev–Trinajstić information content (AvgIpc) is 2.20. The fourth-order valence-electron chi connectivity index (χ4n) is 1.57. The molecule has 0 fully saturated rings. The normalized spacial score (nSPS) is 11.2. The van der Waals surface area contributed by atoms with Gasteiger partial charge in [-0.05, 0) is 38.3 Å². The molecule has 0 unspecified atom stereocenters. The van der Waals surface area contributed by atoms with Crippen LogP contribution in [0.25, 0.3) is 0 Å². The highest BCUT2D eigenvalue weighted by Crippen LogP contribution is 2.24. The van der Waals surface area contributed by atoms with E-state index < -0.39 is 11.5 Å². The van der Waals surface area contributed by atoms with Crippen molar-refractivity contribution in [1.82, 2.24) is 0 Å². The maximum atomic E-state index is 11.1. The van der Waals surface area contributed by atoms with Crippen molar-refractivity contribution < 1.29 is 9.90 Å². The fourth-order valence-corrected chi connectivity index (χ4v) is 1.57. The van der Waals surface area contributed by atoms with Crippen molar-refractivity contribution in [1.29, 1.82) is 0 Å². The number of carboxylic acid groups (broad SMARTS) is 1. The second-order valence-electron chi connectivity index (χ2n) is 4.52. The molecule has 0 atom stereocenters. The van der Waals surface area contributed by atoms with Gasteiger partial charge in [0.1, 0.15) is 5.54 Å². The lowest BCUT2D eigenvalue weighted by Crippen LogP contribution is -2.40. The molecule has 3 heteroatoms. The first kappa shape index (κ1) is 12.6. The maximum absolute atomic E-state index is 11.1. The van der Waals surface area contributed by atoms with E-state index in [4.69, 9.17) is 5.11 Å². The minimum Gasteiger partial charge on any atom is -0.480 e. The first-order valence-corrected chi connectivity index (χ1v) is 5.48. The molecular weight excluding hydrogens is 202 g/mol. The summed E-state index contributed by atoms with van der Waals surface area (Å²) in [5.74, 6) is -0.849. The van der Waals surface area contributed by atoms with E-state index in [9.17, 15) is 4.79 Å². The number of para-hydroxylation sites is 1. The molecule has 0 spiro atoms. The molecule has 0 aliphatic rings. The number of anilines is 1. The molecule has 2 N–H and O–H groups in total. The molecule has 0 heterocycles. The minimum absolute atomic E-state index is 0.849. The van der Waals surface area contributed by atoms with Gasteiger partial charge >= 0.3 is 5.97 Å². The van der Waals surface area contributed by atoms with Gasteiger partial charge in [0.15, 0.2) is 0 Å². The second-order valence-corrected chi connectivity index (χ2v) is 4.52. The Labute approximate surface area is 96.5 Å². The topological polar surface area (TPSA) is 49.3 Å². The second kappa shape index (κ2) is 4.56. The van der Waals surface area contributed by atoms with Gasteiger partial charge in [0, 0.05) is 5.69 Å². The van der Waals surface area contributed by atoms with Gasteiger partial charge in [0.25, 0.3) is 0 Å². The van der Waals surface area contributed by atoms with E-state index in [-0.39, 0.29) is 0 Å². The van der Waals surface area contributed by atoms with Crippen LogP contribution in [0.3, 0.4) is 0 Å². The molecule has 0 saturated heterocycles. The Morgan fingerprint density at radius 3 is 2.56 bits per heavy atom. The van der Waals surface area contributed by atoms with Gasteiger partial charge in [-0.2, -0.15) is 0 Å². The van der Waals surface area contributed by atoms with Gasteiger partial charge in [-0.3, -0.25) is 0 Å². The number of benzene rings is 1. The number of hydrogen-bond donors (Lipinski definition) is 2. The first-order valence-electron chi connectivity index (χ1n) is 5.48. The highest BCUT2D eigenvalue weighted by Gasteiger charge is 2.27. The molecule has 88 valence electrons. The van der Waals surface area contributed by atoms with Crippen LogP contribution < -0.4 is 5.32 Å². The average molecular weight is 221 g/mol. The van der Waals surface area contributed by atoms with Gasteiger partial charge in [-0.25, -0.2) is 4.79 Å². The van der Waals surface area contributed by atoms with Crippen LogP contribution in [-0.4, -0.2) is 16.6 Å². The number of carboxylic acids is 1. The van der Waals surface area contributed by atoms with Crippen molar-refractivity contribution in [3.8, 4) is 0 Å². The first-order chi connectivity index (χ1) is 7.38. The van der Waals surface area contributed by atoms with E-state index in [1.807, 2.05) is 25.1 Å². The molecular formula is C13H19NO2. The summed E-state index contributed by atoms with van der Waals surface area (Å²) < 4.78 is 0. The standard InChI is InChI=1S/C13H19NO2/c1-5-10-8-6-7-9(2)11(10)14-13(3,4)12(15)16/h6-8,14H,5H2,1-4H3,(H,15,16). The predicted molar refractivity (Wildman–Crippen MR) is 65.9 cm³/mol. The van der Waals surface area contributed by atoms with Crippen LogP contribution in [0.4, 0.5) is 5.69 Å². The van der Waals surface area contributed by atoms with E-state index in [2.05, 4.69) is 12.2 Å². The van der Waals surface area contributed by atoms with Crippen molar-refractivity contribution in [2.24, 2.45) is 0 Å². The van der Waals surface area contributed by atoms with Crippen LogP contribution in [0.1, 0.15) is 31.9 Å². The largest absolute Gasteiger partial charge is 0.480 e. The Morgan fingerprint density at radius 1 is 1.44 bits per heavy atom. The molecule has 0 aliphatic heterocycles. The van der Waals surface area contributed by atoms with Crippen LogP contribution in [0, 0.1) is 6.92 Å². The van der Waals surface area contributed by atoms with Gasteiger partial charge < -0.3 is 10.4 Å². The summed E-state index contributed by atoms with van der Waals surface area (Å²) in [6.07, 6.45) is 0.889. The molecule has 3 nitrogen and oxygen atoms in total. The summed E-state index contributed by atoms with van der Waals surface area (Å²) in [5, 5.41) is 12.2. The fraction of sp³-hybridized carbons (Fsp3) is 0.462. The van der Waals surface area contributed by atoms with Crippen molar-refractivity contribution in [3.05, 3.63) is 29.3 Å². The van der Waals surface area contributed by atoms with Gasteiger partial charge in [0.05, 0.1) is 0 Å². The Balaban J connectivity index is 3.09. The van der Waals surface area contributed by atoms with Crippen molar-refractivity contribution in [2.75, 3.05) is 5.32 Å². The third-order valence-electron chi connectivity index (χ3n) is 2.71. The smallest absolute Gasteiger partial charge is 0.328 e. The molecule has 0 amide bonds. The van der Waals surface area contributed by atoms with Crippen LogP contribution in [0.15, 0.2) is 18.2 Å². The monoisotopic (exact) mass is 221 g/mol. The third kappa shape index (κ3) is 2.54. The third-order valence-corrected chi connectivity index (χ3v) is 2.71. The number of aryl methyl sites for hydroxylation is 2. The zero-order valence-corrected chi connectivity index (χ0v) is 10.3. The molecule has 0 aliphatic carbocycles. The summed E-state index contributed by atoms with van der Waals surface area (Å²) in [7, 11) is 0. The van der Waals surface area contributed by atoms with Crippen molar-refractivity contribution >= 4 is 11.7 Å². The van der Waals surface area contributed by atoms with Crippen LogP contribution in [0.5, 0.6) is 0 Å². The predicted octanol–water partition coefficient (Wildman–Crippen LogP) is 2.83. The molecule has 1 aromatic carbocycles. The zero-order chi connectivity index (χ0) is 12.3. The Morgan fingerprint density at radius 2 is 2.06 bits per heavy atom. The molecule has 0 saturated carbocycles. The molecule has 0 bridgehead atoms. The summed E-state index contributed by atoms with van der Waals surface area (Å²) in [5.41, 5.74) is 2.22. The van der Waals surface area contributed by atoms with Crippen molar-refractivity contribution in [2.45, 2.75) is 39.7 Å². The van der Waals surface area contributed by atoms with E-state index in [0.717, 1.165) is 23.2 Å². The summed E-state index contributed by atoms with van der Waals surface area (Å²) in [6.45, 7) is 7.38. The number of nitrogens with one attached hydrogen (secondary N) is 1. The highest BCUT2D eigenvalue weighted by atomic mass is 16.4.